The van der Waals surface area contributed by atoms with Gasteiger partial charge in [0.15, 0.2) is 0 Å². The Morgan fingerprint density at radius 1 is 0.550 bits per heavy atom. The van der Waals surface area contributed by atoms with Crippen LogP contribution in [0.25, 0.3) is 55.6 Å². The molecule has 40 heavy (non-hydrogen) atoms. The zero-order valence-electron chi connectivity index (χ0n) is 23.7. The van der Waals surface area contributed by atoms with Crippen molar-refractivity contribution in [1.29, 1.82) is 0 Å². The maximum Gasteiger partial charge on any atom is 0.119 e. The highest BCUT2D eigenvalue weighted by molar-refractivity contribution is 6.09. The summed E-state index contributed by atoms with van der Waals surface area (Å²) < 4.78 is 10.9. The number of aromatic nitrogens is 3. The number of ether oxygens (including phenoxy) is 2. The van der Waals surface area contributed by atoms with Crippen LogP contribution in [0.4, 0.5) is 0 Å². The summed E-state index contributed by atoms with van der Waals surface area (Å²) in [6, 6.07) is 24.9. The Kier molecular flexibility index (Phi) is 6.43. The van der Waals surface area contributed by atoms with Crippen LogP contribution in [0, 0.1) is 27.7 Å². The van der Waals surface area contributed by atoms with Gasteiger partial charge < -0.3 is 9.47 Å². The van der Waals surface area contributed by atoms with Crippen LogP contribution in [0.1, 0.15) is 22.3 Å². The third kappa shape index (κ3) is 4.34. The molecule has 0 radical (unpaired) electrons. The molecule has 0 N–H and O–H groups in total. The van der Waals surface area contributed by atoms with Crippen LogP contribution in [-0.4, -0.2) is 29.2 Å². The Balaban J connectivity index is 1.50. The van der Waals surface area contributed by atoms with E-state index < -0.39 is 0 Å². The summed E-state index contributed by atoms with van der Waals surface area (Å²) in [6.07, 6.45) is 1.88. The van der Waals surface area contributed by atoms with Gasteiger partial charge in [0.1, 0.15) is 11.5 Å². The molecule has 0 atom stereocenters. The lowest BCUT2D eigenvalue weighted by Gasteiger charge is -2.15. The number of hydrogen-bond acceptors (Lipinski definition) is 5. The first-order chi connectivity index (χ1) is 19.4. The van der Waals surface area contributed by atoms with Gasteiger partial charge in [-0.2, -0.15) is 0 Å². The van der Waals surface area contributed by atoms with Crippen molar-refractivity contribution in [1.82, 2.24) is 15.0 Å². The fourth-order valence-electron chi connectivity index (χ4n) is 5.79. The molecule has 5 nitrogen and oxygen atoms in total. The predicted octanol–water partition coefficient (Wildman–Crippen LogP) is 8.43. The normalized spacial score (nSPS) is 11.2. The van der Waals surface area contributed by atoms with Crippen molar-refractivity contribution in [2.24, 2.45) is 0 Å². The summed E-state index contributed by atoms with van der Waals surface area (Å²) in [5.74, 6) is 1.72. The van der Waals surface area contributed by atoms with Crippen LogP contribution in [0.2, 0.25) is 0 Å². The van der Waals surface area contributed by atoms with E-state index in [4.69, 9.17) is 24.4 Å². The summed E-state index contributed by atoms with van der Waals surface area (Å²) >= 11 is 0. The van der Waals surface area contributed by atoms with Gasteiger partial charge in [0, 0.05) is 22.5 Å². The Morgan fingerprint density at radius 3 is 1.77 bits per heavy atom. The summed E-state index contributed by atoms with van der Waals surface area (Å²) in [4.78, 5) is 15.0. The standard InChI is InChI=1S/C35H31N3O2/c1-20-16-25(39-5)17-21(2)32(20)27-14-15-36-35-28(27)12-10-24-11-13-30(38-34(24)35)29-8-7-9-31(37-29)33-22(3)18-26(40-6)19-23(33)4/h7-19H,1-6H3. The number of hydrogen-bond donors (Lipinski definition) is 0. The minimum absolute atomic E-state index is 0.815. The molecule has 6 rings (SSSR count). The van der Waals surface area contributed by atoms with Crippen molar-refractivity contribution in [2.45, 2.75) is 27.7 Å². The average Bonchev–Trinajstić information content (AvgIpc) is 2.96. The van der Waals surface area contributed by atoms with E-state index in [-0.39, 0.29) is 0 Å². The van der Waals surface area contributed by atoms with Gasteiger partial charge in [-0.25, -0.2) is 9.97 Å². The monoisotopic (exact) mass is 525 g/mol. The van der Waals surface area contributed by atoms with Gasteiger partial charge in [0.25, 0.3) is 0 Å². The minimum atomic E-state index is 0.815. The van der Waals surface area contributed by atoms with E-state index in [1.165, 1.54) is 5.56 Å². The fourth-order valence-corrected chi connectivity index (χ4v) is 5.79. The number of fused-ring (bicyclic) bond motifs is 3. The van der Waals surface area contributed by atoms with Gasteiger partial charge >= 0.3 is 0 Å². The van der Waals surface area contributed by atoms with E-state index in [0.717, 1.165) is 83.8 Å². The minimum Gasteiger partial charge on any atom is -0.497 e. The third-order valence-electron chi connectivity index (χ3n) is 7.59. The van der Waals surface area contributed by atoms with Gasteiger partial charge in [-0.1, -0.05) is 24.3 Å². The molecule has 198 valence electrons. The maximum atomic E-state index is 5.49. The Morgan fingerprint density at radius 2 is 1.12 bits per heavy atom. The molecular formula is C35H31N3O2. The Bertz CT molecular complexity index is 1880. The second-order valence-corrected chi connectivity index (χ2v) is 10.3. The average molecular weight is 526 g/mol. The zero-order chi connectivity index (χ0) is 28.0. The van der Waals surface area contributed by atoms with Crippen molar-refractivity contribution in [3.8, 4) is 45.3 Å². The zero-order valence-corrected chi connectivity index (χ0v) is 23.7. The Labute approximate surface area is 234 Å². The molecule has 0 amide bonds. The van der Waals surface area contributed by atoms with Crippen LogP contribution in [0.15, 0.2) is 79.0 Å². The number of nitrogens with zero attached hydrogens (tertiary/aromatic N) is 3. The van der Waals surface area contributed by atoms with E-state index in [1.807, 2.05) is 36.5 Å². The van der Waals surface area contributed by atoms with Crippen molar-refractivity contribution in [2.75, 3.05) is 14.2 Å². The number of benzene rings is 3. The fraction of sp³-hybridized carbons (Fsp3) is 0.171. The van der Waals surface area contributed by atoms with Crippen molar-refractivity contribution < 1.29 is 9.47 Å². The smallest absolute Gasteiger partial charge is 0.119 e. The van der Waals surface area contributed by atoms with Crippen LogP contribution < -0.4 is 9.47 Å². The molecule has 6 aromatic rings. The highest BCUT2D eigenvalue weighted by Gasteiger charge is 2.16. The summed E-state index contributed by atoms with van der Waals surface area (Å²) in [7, 11) is 3.40. The predicted molar refractivity (Wildman–Crippen MR) is 163 cm³/mol. The van der Waals surface area contributed by atoms with Gasteiger partial charge in [-0.05, 0) is 110 Å². The Hall–Kier alpha value is -4.77. The number of aryl methyl sites for hydroxylation is 4. The van der Waals surface area contributed by atoms with Gasteiger partial charge in [-0.3, -0.25) is 4.98 Å². The first kappa shape index (κ1) is 25.5. The first-order valence-corrected chi connectivity index (χ1v) is 13.3. The molecule has 0 fully saturated rings. The molecule has 3 aromatic carbocycles. The molecule has 0 aliphatic carbocycles. The van der Waals surface area contributed by atoms with E-state index in [9.17, 15) is 0 Å². The van der Waals surface area contributed by atoms with Crippen LogP contribution in [0.5, 0.6) is 11.5 Å². The maximum absolute atomic E-state index is 5.49. The molecular weight excluding hydrogens is 494 g/mol. The molecule has 0 saturated heterocycles. The highest BCUT2D eigenvalue weighted by Crippen LogP contribution is 2.37. The highest BCUT2D eigenvalue weighted by atomic mass is 16.5. The van der Waals surface area contributed by atoms with Gasteiger partial charge in [-0.15, -0.1) is 0 Å². The van der Waals surface area contributed by atoms with Crippen LogP contribution in [-0.2, 0) is 0 Å². The van der Waals surface area contributed by atoms with Crippen LogP contribution >= 0.6 is 0 Å². The summed E-state index contributed by atoms with van der Waals surface area (Å²) in [5, 5.41) is 2.12. The lowest BCUT2D eigenvalue weighted by Crippen LogP contribution is -1.96. The molecule has 0 spiro atoms. The molecule has 5 heteroatoms. The topological polar surface area (TPSA) is 57.1 Å². The number of rotatable bonds is 5. The second kappa shape index (κ2) is 10.1. The van der Waals surface area contributed by atoms with Crippen LogP contribution in [0.3, 0.4) is 0 Å². The third-order valence-corrected chi connectivity index (χ3v) is 7.59. The first-order valence-electron chi connectivity index (χ1n) is 13.3. The molecule has 3 aromatic heterocycles. The largest absolute Gasteiger partial charge is 0.497 e. The molecule has 0 aliphatic heterocycles. The number of methoxy groups -OCH3 is 2. The van der Waals surface area contributed by atoms with E-state index >= 15 is 0 Å². The van der Waals surface area contributed by atoms with Crippen molar-refractivity contribution in [3.05, 3.63) is 101 Å². The SMILES string of the molecule is COc1cc(C)c(-c2cccc(-c3ccc4ccc5c(-c6c(C)cc(OC)cc6C)ccnc5c4n3)n2)c(C)c1. The molecule has 0 bridgehead atoms. The second-order valence-electron chi connectivity index (χ2n) is 10.3. The van der Waals surface area contributed by atoms with Gasteiger partial charge in [0.05, 0.1) is 42.3 Å². The molecule has 0 aliphatic rings. The quantitative estimate of drug-likeness (QED) is 0.211. The lowest BCUT2D eigenvalue weighted by molar-refractivity contribution is 0.414. The molecule has 0 unspecified atom stereocenters. The van der Waals surface area contributed by atoms with Crippen molar-refractivity contribution >= 4 is 21.8 Å². The number of pyridine rings is 3. The molecule has 0 saturated carbocycles. The summed E-state index contributed by atoms with van der Waals surface area (Å²) in [6.45, 7) is 8.43. The van der Waals surface area contributed by atoms with E-state index in [2.05, 4.69) is 70.2 Å². The van der Waals surface area contributed by atoms with Gasteiger partial charge in [0.2, 0.25) is 0 Å². The van der Waals surface area contributed by atoms with E-state index in [0.29, 0.717) is 0 Å². The lowest BCUT2D eigenvalue weighted by atomic mass is 9.92. The molecule has 3 heterocycles. The summed E-state index contributed by atoms with van der Waals surface area (Å²) in [5.41, 5.74) is 12.3. The van der Waals surface area contributed by atoms with Crippen molar-refractivity contribution in [3.63, 3.8) is 0 Å². The van der Waals surface area contributed by atoms with E-state index in [1.54, 1.807) is 14.2 Å².